The largest absolute Gasteiger partial charge is 0.381 e. The van der Waals surface area contributed by atoms with Crippen molar-refractivity contribution in [2.45, 2.75) is 43.5 Å². The summed E-state index contributed by atoms with van der Waals surface area (Å²) >= 11 is 0. The van der Waals surface area contributed by atoms with Crippen LogP contribution in [-0.4, -0.2) is 19.4 Å². The second-order valence-electron chi connectivity index (χ2n) is 6.07. The lowest BCUT2D eigenvalue weighted by atomic mass is 10.2. The Morgan fingerprint density at radius 3 is 2.54 bits per heavy atom. The summed E-state index contributed by atoms with van der Waals surface area (Å²) in [6.07, 6.45) is 6.39. The zero-order valence-corrected chi connectivity index (χ0v) is 14.2. The van der Waals surface area contributed by atoms with E-state index < -0.39 is 15.8 Å². The first kappa shape index (κ1) is 16.7. The highest BCUT2D eigenvalue weighted by Crippen LogP contribution is 2.23. The van der Waals surface area contributed by atoms with E-state index in [0.29, 0.717) is 6.04 Å². The Balaban J connectivity index is 1.71. The molecule has 2 aromatic rings. The molecule has 0 spiro atoms. The third kappa shape index (κ3) is 3.84. The third-order valence-corrected chi connectivity index (χ3v) is 5.52. The van der Waals surface area contributed by atoms with Gasteiger partial charge in [-0.25, -0.2) is 17.8 Å². The number of aromatic nitrogens is 1. The van der Waals surface area contributed by atoms with Crippen LogP contribution in [0.5, 0.6) is 0 Å². The Kier molecular flexibility index (Phi) is 4.71. The average Bonchev–Trinajstić information content (AvgIpc) is 3.04. The van der Waals surface area contributed by atoms with E-state index in [1.54, 1.807) is 18.3 Å². The molecule has 0 unspecified atom stereocenters. The first-order valence-corrected chi connectivity index (χ1v) is 9.44. The van der Waals surface area contributed by atoms with Gasteiger partial charge in [0.1, 0.15) is 11.6 Å². The minimum absolute atomic E-state index is 0.0105. The van der Waals surface area contributed by atoms with Gasteiger partial charge in [-0.3, -0.25) is 4.72 Å². The van der Waals surface area contributed by atoms with Gasteiger partial charge in [-0.2, -0.15) is 0 Å². The van der Waals surface area contributed by atoms with Crippen molar-refractivity contribution in [2.24, 2.45) is 0 Å². The van der Waals surface area contributed by atoms with Crippen LogP contribution in [-0.2, 0) is 10.0 Å². The van der Waals surface area contributed by atoms with Crippen molar-refractivity contribution >= 4 is 21.5 Å². The second kappa shape index (κ2) is 6.76. The summed E-state index contributed by atoms with van der Waals surface area (Å²) in [5, 5.41) is 3.39. The Morgan fingerprint density at radius 1 is 1.17 bits per heavy atom. The maximum Gasteiger partial charge on any atom is 0.263 e. The Hall–Kier alpha value is -2.15. The summed E-state index contributed by atoms with van der Waals surface area (Å²) in [5.74, 6) is -0.205. The molecule has 0 amide bonds. The fraction of sp³-hybridized carbons (Fsp3) is 0.353. The number of nitrogens with one attached hydrogen (secondary N) is 2. The number of sulfonamides is 1. The minimum Gasteiger partial charge on any atom is -0.381 e. The van der Waals surface area contributed by atoms with E-state index in [4.69, 9.17) is 0 Å². The number of hydrogen-bond acceptors (Lipinski definition) is 4. The number of halogens is 1. The van der Waals surface area contributed by atoms with Crippen LogP contribution in [0, 0.1) is 12.7 Å². The van der Waals surface area contributed by atoms with Crippen molar-refractivity contribution in [1.82, 2.24) is 4.98 Å². The molecule has 1 aromatic heterocycles. The van der Waals surface area contributed by atoms with Crippen molar-refractivity contribution in [3.63, 3.8) is 0 Å². The van der Waals surface area contributed by atoms with Crippen LogP contribution in [0.25, 0.3) is 0 Å². The zero-order chi connectivity index (χ0) is 17.2. The van der Waals surface area contributed by atoms with Crippen LogP contribution in [0.3, 0.4) is 0 Å². The number of anilines is 2. The molecular formula is C17H20FN3O2S. The molecule has 1 aromatic carbocycles. The fourth-order valence-corrected chi connectivity index (χ4v) is 3.92. The number of rotatable bonds is 5. The highest BCUT2D eigenvalue weighted by molar-refractivity contribution is 7.92. The predicted octanol–water partition coefficient (Wildman–Crippen LogP) is 3.68. The summed E-state index contributed by atoms with van der Waals surface area (Å²) < 4.78 is 40.4. The first-order chi connectivity index (χ1) is 11.4. The van der Waals surface area contributed by atoms with E-state index in [0.717, 1.165) is 24.6 Å². The topological polar surface area (TPSA) is 71.1 Å². The Morgan fingerprint density at radius 2 is 1.92 bits per heavy atom. The molecule has 0 atom stereocenters. The van der Waals surface area contributed by atoms with Gasteiger partial charge in [0, 0.05) is 6.04 Å². The SMILES string of the molecule is Cc1cc(S(=O)(=O)Nc2ccc(NC3CCCC3)cn2)ccc1F. The van der Waals surface area contributed by atoms with Gasteiger partial charge in [-0.1, -0.05) is 12.8 Å². The highest BCUT2D eigenvalue weighted by atomic mass is 32.2. The third-order valence-electron chi connectivity index (χ3n) is 4.17. The molecule has 3 rings (SSSR count). The molecular weight excluding hydrogens is 329 g/mol. The number of pyridine rings is 1. The number of hydrogen-bond donors (Lipinski definition) is 2. The summed E-state index contributed by atoms with van der Waals surface area (Å²) in [4.78, 5) is 4.16. The Bertz CT molecular complexity index is 816. The minimum atomic E-state index is -3.79. The quantitative estimate of drug-likeness (QED) is 0.864. The van der Waals surface area contributed by atoms with Crippen LogP contribution >= 0.6 is 0 Å². The van der Waals surface area contributed by atoms with Gasteiger partial charge in [0.15, 0.2) is 0 Å². The van der Waals surface area contributed by atoms with Crippen LogP contribution in [0.1, 0.15) is 31.2 Å². The van der Waals surface area contributed by atoms with Gasteiger partial charge in [-0.05, 0) is 55.7 Å². The summed E-state index contributed by atoms with van der Waals surface area (Å²) in [6, 6.07) is 7.57. The second-order valence-corrected chi connectivity index (χ2v) is 7.76. The summed E-state index contributed by atoms with van der Waals surface area (Å²) in [5.41, 5.74) is 1.16. The molecule has 24 heavy (non-hydrogen) atoms. The van der Waals surface area contributed by atoms with Crippen molar-refractivity contribution in [3.8, 4) is 0 Å². The molecule has 0 bridgehead atoms. The zero-order valence-electron chi connectivity index (χ0n) is 13.4. The van der Waals surface area contributed by atoms with E-state index in [-0.39, 0.29) is 16.3 Å². The molecule has 0 saturated heterocycles. The molecule has 0 radical (unpaired) electrons. The lowest BCUT2D eigenvalue weighted by Crippen LogP contribution is -2.16. The predicted molar refractivity (Wildman–Crippen MR) is 92.1 cm³/mol. The maximum absolute atomic E-state index is 13.3. The molecule has 5 nitrogen and oxygen atoms in total. The van der Waals surface area contributed by atoms with Gasteiger partial charge in [0.2, 0.25) is 0 Å². The Labute approximate surface area is 141 Å². The fourth-order valence-electron chi connectivity index (χ4n) is 2.83. The monoisotopic (exact) mass is 349 g/mol. The molecule has 1 aliphatic carbocycles. The molecule has 128 valence electrons. The lowest BCUT2D eigenvalue weighted by molar-refractivity contribution is 0.598. The van der Waals surface area contributed by atoms with Crippen molar-refractivity contribution < 1.29 is 12.8 Å². The first-order valence-electron chi connectivity index (χ1n) is 7.95. The molecule has 1 heterocycles. The van der Waals surface area contributed by atoms with Crippen LogP contribution in [0.4, 0.5) is 15.9 Å². The molecule has 1 aliphatic rings. The van der Waals surface area contributed by atoms with Gasteiger partial charge < -0.3 is 5.32 Å². The van der Waals surface area contributed by atoms with E-state index in [9.17, 15) is 12.8 Å². The van der Waals surface area contributed by atoms with E-state index in [1.807, 2.05) is 0 Å². The van der Waals surface area contributed by atoms with Crippen LogP contribution in [0.2, 0.25) is 0 Å². The normalized spacial score (nSPS) is 15.4. The number of nitrogens with zero attached hydrogens (tertiary/aromatic N) is 1. The molecule has 1 fully saturated rings. The van der Waals surface area contributed by atoms with E-state index in [1.165, 1.54) is 31.9 Å². The van der Waals surface area contributed by atoms with Gasteiger partial charge in [0.05, 0.1) is 16.8 Å². The van der Waals surface area contributed by atoms with Gasteiger partial charge in [0.25, 0.3) is 10.0 Å². The van der Waals surface area contributed by atoms with Crippen LogP contribution in [0.15, 0.2) is 41.4 Å². The van der Waals surface area contributed by atoms with Crippen molar-refractivity contribution in [1.29, 1.82) is 0 Å². The van der Waals surface area contributed by atoms with Gasteiger partial charge in [-0.15, -0.1) is 0 Å². The van der Waals surface area contributed by atoms with Crippen molar-refractivity contribution in [2.75, 3.05) is 10.0 Å². The van der Waals surface area contributed by atoms with Gasteiger partial charge >= 0.3 is 0 Å². The highest BCUT2D eigenvalue weighted by Gasteiger charge is 2.17. The van der Waals surface area contributed by atoms with E-state index in [2.05, 4.69) is 15.0 Å². The summed E-state index contributed by atoms with van der Waals surface area (Å²) in [7, 11) is -3.79. The lowest BCUT2D eigenvalue weighted by Gasteiger charge is -2.13. The number of benzene rings is 1. The average molecular weight is 349 g/mol. The molecule has 1 saturated carbocycles. The van der Waals surface area contributed by atoms with E-state index >= 15 is 0 Å². The molecule has 2 N–H and O–H groups in total. The standard InChI is InChI=1S/C17H20FN3O2S/c1-12-10-15(7-8-16(12)18)24(22,23)21-17-9-6-14(11-19-17)20-13-4-2-3-5-13/h6-11,13,20H,2-5H2,1H3,(H,19,21). The number of aryl methyl sites for hydroxylation is 1. The maximum atomic E-state index is 13.3. The smallest absolute Gasteiger partial charge is 0.263 e. The van der Waals surface area contributed by atoms with Crippen molar-refractivity contribution in [3.05, 3.63) is 47.9 Å². The van der Waals surface area contributed by atoms with Crippen LogP contribution < -0.4 is 10.0 Å². The summed E-state index contributed by atoms with van der Waals surface area (Å²) in [6.45, 7) is 1.52. The molecule has 0 aliphatic heterocycles. The molecule has 7 heteroatoms.